The molecule has 0 amide bonds. The standard InChI is InChI=1S/C44H42N2/c1-43(2)29-30-44(3,4)42-32-40(27-28-41(42)43)46(37-20-12-7-13-21-37)39-22-14-15-34(31-39)33-23-25-38(26-24-33)45(35-16-8-5-9-17-35)36-18-10-6-11-19-36/h5-28,31-32H,29-30H2,1-4H3. The van der Waals surface area contributed by atoms with Crippen LogP contribution in [0.1, 0.15) is 51.7 Å². The van der Waals surface area contributed by atoms with Gasteiger partial charge in [-0.1, -0.05) is 113 Å². The van der Waals surface area contributed by atoms with Gasteiger partial charge in [0.2, 0.25) is 0 Å². The van der Waals surface area contributed by atoms with Crippen molar-refractivity contribution < 1.29 is 0 Å². The van der Waals surface area contributed by atoms with Crippen molar-refractivity contribution in [2.24, 2.45) is 0 Å². The Labute approximate surface area is 274 Å². The molecular formula is C44H42N2. The molecule has 0 saturated heterocycles. The molecule has 0 aliphatic heterocycles. The zero-order chi connectivity index (χ0) is 31.7. The summed E-state index contributed by atoms with van der Waals surface area (Å²) in [6.07, 6.45) is 2.41. The van der Waals surface area contributed by atoms with E-state index >= 15 is 0 Å². The Kier molecular flexibility index (Phi) is 7.74. The third-order valence-electron chi connectivity index (χ3n) is 9.70. The van der Waals surface area contributed by atoms with Crippen molar-refractivity contribution in [2.75, 3.05) is 9.80 Å². The number of fused-ring (bicyclic) bond motifs is 1. The minimum absolute atomic E-state index is 0.139. The molecule has 1 aliphatic rings. The quantitative estimate of drug-likeness (QED) is 0.180. The van der Waals surface area contributed by atoms with E-state index in [2.05, 4.69) is 195 Å². The van der Waals surface area contributed by atoms with Crippen molar-refractivity contribution in [3.63, 3.8) is 0 Å². The fraction of sp³-hybridized carbons (Fsp3) is 0.182. The highest BCUT2D eigenvalue weighted by atomic mass is 15.1. The fourth-order valence-corrected chi connectivity index (χ4v) is 6.97. The molecule has 0 radical (unpaired) electrons. The molecule has 0 bridgehead atoms. The van der Waals surface area contributed by atoms with Gasteiger partial charge in [0.05, 0.1) is 0 Å². The lowest BCUT2D eigenvalue weighted by Gasteiger charge is -2.42. The van der Waals surface area contributed by atoms with Crippen LogP contribution in [0.2, 0.25) is 0 Å². The van der Waals surface area contributed by atoms with E-state index in [1.54, 1.807) is 0 Å². The zero-order valence-electron chi connectivity index (χ0n) is 27.3. The lowest BCUT2D eigenvalue weighted by Crippen LogP contribution is -2.34. The van der Waals surface area contributed by atoms with Crippen LogP contribution >= 0.6 is 0 Å². The Morgan fingerprint density at radius 3 is 1.30 bits per heavy atom. The maximum Gasteiger partial charge on any atom is 0.0467 e. The molecule has 228 valence electrons. The molecule has 0 saturated carbocycles. The molecule has 0 heterocycles. The molecule has 0 spiro atoms. The Hall–Kier alpha value is -5.08. The lowest BCUT2D eigenvalue weighted by molar-refractivity contribution is 0.332. The third kappa shape index (κ3) is 5.72. The Balaban J connectivity index is 1.28. The molecular weight excluding hydrogens is 556 g/mol. The maximum atomic E-state index is 2.45. The molecule has 0 atom stereocenters. The summed E-state index contributed by atoms with van der Waals surface area (Å²) in [5.41, 5.74) is 12.6. The number of rotatable bonds is 7. The summed E-state index contributed by atoms with van der Waals surface area (Å²) in [7, 11) is 0. The van der Waals surface area contributed by atoms with Gasteiger partial charge < -0.3 is 9.80 Å². The third-order valence-corrected chi connectivity index (χ3v) is 9.70. The largest absolute Gasteiger partial charge is 0.311 e. The lowest BCUT2D eigenvalue weighted by atomic mass is 9.63. The first-order chi connectivity index (χ1) is 22.3. The van der Waals surface area contributed by atoms with Crippen molar-refractivity contribution >= 4 is 34.1 Å². The van der Waals surface area contributed by atoms with E-state index in [9.17, 15) is 0 Å². The van der Waals surface area contributed by atoms with Crippen LogP contribution < -0.4 is 9.80 Å². The van der Waals surface area contributed by atoms with Crippen molar-refractivity contribution in [2.45, 2.75) is 51.4 Å². The van der Waals surface area contributed by atoms with Crippen LogP contribution in [0.3, 0.4) is 0 Å². The number of hydrogen-bond donors (Lipinski definition) is 0. The number of para-hydroxylation sites is 3. The van der Waals surface area contributed by atoms with Gasteiger partial charge >= 0.3 is 0 Å². The molecule has 46 heavy (non-hydrogen) atoms. The van der Waals surface area contributed by atoms with Gasteiger partial charge in [-0.05, 0) is 119 Å². The second-order valence-electron chi connectivity index (χ2n) is 13.8. The summed E-state index contributed by atoms with van der Waals surface area (Å²) in [4.78, 5) is 4.71. The first-order valence-corrected chi connectivity index (χ1v) is 16.4. The first-order valence-electron chi connectivity index (χ1n) is 16.4. The second-order valence-corrected chi connectivity index (χ2v) is 13.8. The molecule has 0 unspecified atom stereocenters. The highest BCUT2D eigenvalue weighted by molar-refractivity contribution is 5.82. The number of anilines is 6. The van der Waals surface area contributed by atoms with Gasteiger partial charge in [0, 0.05) is 34.1 Å². The van der Waals surface area contributed by atoms with Crippen LogP contribution in [0.5, 0.6) is 0 Å². The molecule has 0 aromatic heterocycles. The smallest absolute Gasteiger partial charge is 0.0467 e. The second kappa shape index (κ2) is 12.0. The number of benzene rings is 6. The van der Waals surface area contributed by atoms with Crippen LogP contribution in [0.15, 0.2) is 158 Å². The Morgan fingerprint density at radius 2 is 0.761 bits per heavy atom. The number of hydrogen-bond acceptors (Lipinski definition) is 2. The molecule has 2 nitrogen and oxygen atoms in total. The molecule has 1 aliphatic carbocycles. The van der Waals surface area contributed by atoms with Crippen LogP contribution in [0.4, 0.5) is 34.1 Å². The molecule has 6 aromatic carbocycles. The molecule has 2 heteroatoms. The van der Waals surface area contributed by atoms with Crippen LogP contribution in [-0.4, -0.2) is 0 Å². The fourth-order valence-electron chi connectivity index (χ4n) is 6.97. The predicted octanol–water partition coefficient (Wildman–Crippen LogP) is 12.6. The summed E-state index contributed by atoms with van der Waals surface area (Å²) >= 11 is 0. The molecule has 7 rings (SSSR count). The van der Waals surface area contributed by atoms with E-state index in [0.29, 0.717) is 0 Å². The first kappa shape index (κ1) is 29.6. The topological polar surface area (TPSA) is 6.48 Å². The highest BCUT2D eigenvalue weighted by Gasteiger charge is 2.37. The maximum absolute atomic E-state index is 2.45. The van der Waals surface area contributed by atoms with E-state index in [1.807, 2.05) is 0 Å². The van der Waals surface area contributed by atoms with Crippen LogP contribution in [0.25, 0.3) is 11.1 Å². The van der Waals surface area contributed by atoms with Crippen molar-refractivity contribution in [1.29, 1.82) is 0 Å². The predicted molar refractivity (Wildman–Crippen MR) is 197 cm³/mol. The van der Waals surface area contributed by atoms with E-state index < -0.39 is 0 Å². The Morgan fingerprint density at radius 1 is 0.348 bits per heavy atom. The summed E-state index contributed by atoms with van der Waals surface area (Å²) in [5, 5.41) is 0. The van der Waals surface area contributed by atoms with Crippen LogP contribution in [0, 0.1) is 0 Å². The van der Waals surface area contributed by atoms with Crippen LogP contribution in [-0.2, 0) is 10.8 Å². The van der Waals surface area contributed by atoms with Crippen molar-refractivity contribution in [3.8, 4) is 11.1 Å². The average molecular weight is 599 g/mol. The van der Waals surface area contributed by atoms with E-state index in [-0.39, 0.29) is 10.8 Å². The van der Waals surface area contributed by atoms with Gasteiger partial charge in [0.15, 0.2) is 0 Å². The zero-order valence-corrected chi connectivity index (χ0v) is 27.3. The monoisotopic (exact) mass is 598 g/mol. The summed E-state index contributed by atoms with van der Waals surface area (Å²) in [6.45, 7) is 9.59. The van der Waals surface area contributed by atoms with E-state index in [1.165, 1.54) is 40.8 Å². The normalized spacial score (nSPS) is 14.7. The molecule has 0 N–H and O–H groups in total. The Bertz CT molecular complexity index is 1880. The SMILES string of the molecule is CC1(C)CCC(C)(C)c2cc(N(c3ccccc3)c3cccc(-c4ccc(N(c5ccccc5)c5ccccc5)cc4)c3)ccc21. The summed E-state index contributed by atoms with van der Waals surface area (Å²) in [5.74, 6) is 0. The summed E-state index contributed by atoms with van der Waals surface area (Å²) < 4.78 is 0. The van der Waals surface area contributed by atoms with Gasteiger partial charge in [-0.15, -0.1) is 0 Å². The van der Waals surface area contributed by atoms with Crippen molar-refractivity contribution in [1.82, 2.24) is 0 Å². The summed E-state index contributed by atoms with van der Waals surface area (Å²) in [6, 6.07) is 56.9. The minimum Gasteiger partial charge on any atom is -0.311 e. The highest BCUT2D eigenvalue weighted by Crippen LogP contribution is 2.48. The van der Waals surface area contributed by atoms with Gasteiger partial charge in [-0.25, -0.2) is 0 Å². The van der Waals surface area contributed by atoms with Gasteiger partial charge in [0.1, 0.15) is 0 Å². The molecule has 6 aromatic rings. The number of nitrogens with zero attached hydrogens (tertiary/aromatic N) is 2. The minimum atomic E-state index is 0.139. The van der Waals surface area contributed by atoms with Gasteiger partial charge in [-0.2, -0.15) is 0 Å². The molecule has 0 fully saturated rings. The van der Waals surface area contributed by atoms with Crippen molar-refractivity contribution in [3.05, 3.63) is 169 Å². The van der Waals surface area contributed by atoms with Gasteiger partial charge in [-0.3, -0.25) is 0 Å². The van der Waals surface area contributed by atoms with Gasteiger partial charge in [0.25, 0.3) is 0 Å². The van der Waals surface area contributed by atoms with E-state index in [4.69, 9.17) is 0 Å². The average Bonchev–Trinajstić information content (AvgIpc) is 3.09. The van der Waals surface area contributed by atoms with E-state index in [0.717, 1.165) is 28.4 Å².